The number of benzene rings is 1. The van der Waals surface area contributed by atoms with Crippen molar-refractivity contribution in [1.82, 2.24) is 15.5 Å². The Morgan fingerprint density at radius 1 is 1.32 bits per heavy atom. The summed E-state index contributed by atoms with van der Waals surface area (Å²) >= 11 is 4.67. The van der Waals surface area contributed by atoms with Crippen LogP contribution in [0.25, 0.3) is 0 Å². The Labute approximate surface area is 124 Å². The predicted molar refractivity (Wildman–Crippen MR) is 79.6 cm³/mol. The van der Waals surface area contributed by atoms with Crippen molar-refractivity contribution in [3.63, 3.8) is 0 Å². The molecule has 0 amide bonds. The molecule has 3 nitrogen and oxygen atoms in total. The van der Waals surface area contributed by atoms with Crippen LogP contribution in [0.3, 0.4) is 0 Å². The van der Waals surface area contributed by atoms with Crippen LogP contribution in [-0.2, 0) is 6.54 Å². The lowest BCUT2D eigenvalue weighted by Gasteiger charge is -2.08. The van der Waals surface area contributed by atoms with Crippen molar-refractivity contribution in [2.75, 3.05) is 12.8 Å². The molecule has 7 heteroatoms. The Kier molecular flexibility index (Phi) is 5.62. The van der Waals surface area contributed by atoms with E-state index >= 15 is 0 Å². The molecule has 2 aromatic rings. The molecule has 1 heterocycles. The SMILES string of the molecule is CCNCc1cc(F)ccc1Sc1nnc(SC)s1. The Morgan fingerprint density at radius 3 is 2.79 bits per heavy atom. The summed E-state index contributed by atoms with van der Waals surface area (Å²) in [6.45, 7) is 3.54. The summed E-state index contributed by atoms with van der Waals surface area (Å²) in [5, 5.41) is 11.4. The Hall–Kier alpha value is -0.630. The van der Waals surface area contributed by atoms with Gasteiger partial charge in [0.25, 0.3) is 0 Å². The molecule has 0 bridgehead atoms. The van der Waals surface area contributed by atoms with E-state index in [2.05, 4.69) is 15.5 Å². The van der Waals surface area contributed by atoms with Gasteiger partial charge in [0.2, 0.25) is 0 Å². The summed E-state index contributed by atoms with van der Waals surface area (Å²) < 4.78 is 15.1. The Balaban J connectivity index is 2.18. The zero-order chi connectivity index (χ0) is 13.7. The van der Waals surface area contributed by atoms with Crippen LogP contribution in [0.2, 0.25) is 0 Å². The lowest BCUT2D eigenvalue weighted by molar-refractivity contribution is 0.619. The van der Waals surface area contributed by atoms with E-state index in [1.54, 1.807) is 35.2 Å². The van der Waals surface area contributed by atoms with Crippen LogP contribution in [0.5, 0.6) is 0 Å². The maximum absolute atomic E-state index is 13.3. The number of nitrogens with one attached hydrogen (secondary N) is 1. The highest BCUT2D eigenvalue weighted by molar-refractivity contribution is 8.03. The van der Waals surface area contributed by atoms with Gasteiger partial charge >= 0.3 is 0 Å². The lowest BCUT2D eigenvalue weighted by atomic mass is 10.2. The van der Waals surface area contributed by atoms with Gasteiger partial charge < -0.3 is 5.32 Å². The van der Waals surface area contributed by atoms with Gasteiger partial charge in [-0.2, -0.15) is 0 Å². The molecule has 0 radical (unpaired) electrons. The molecule has 0 atom stereocenters. The van der Waals surface area contributed by atoms with E-state index < -0.39 is 0 Å². The Morgan fingerprint density at radius 2 is 2.11 bits per heavy atom. The standard InChI is InChI=1S/C12H14FN3S3/c1-3-14-7-8-6-9(13)4-5-10(8)18-12-16-15-11(17-2)19-12/h4-6,14H,3,7H2,1-2H3. The molecule has 1 aromatic carbocycles. The molecule has 19 heavy (non-hydrogen) atoms. The molecule has 0 fully saturated rings. The van der Waals surface area contributed by atoms with Crippen LogP contribution in [0.15, 0.2) is 31.8 Å². The Bertz CT molecular complexity index is 545. The summed E-state index contributed by atoms with van der Waals surface area (Å²) in [7, 11) is 0. The molecule has 0 saturated carbocycles. The number of rotatable bonds is 6. The van der Waals surface area contributed by atoms with Crippen molar-refractivity contribution in [3.05, 3.63) is 29.6 Å². The third-order valence-electron chi connectivity index (χ3n) is 2.35. The third-order valence-corrected chi connectivity index (χ3v) is 5.42. The first-order chi connectivity index (χ1) is 9.22. The lowest BCUT2D eigenvalue weighted by Crippen LogP contribution is -2.12. The molecule has 1 N–H and O–H groups in total. The normalized spacial score (nSPS) is 10.9. The first kappa shape index (κ1) is 14.8. The van der Waals surface area contributed by atoms with Gasteiger partial charge in [0, 0.05) is 11.4 Å². The van der Waals surface area contributed by atoms with Gasteiger partial charge in [-0.3, -0.25) is 0 Å². The van der Waals surface area contributed by atoms with Crippen LogP contribution < -0.4 is 5.32 Å². The molecule has 1 aromatic heterocycles. The molecule has 102 valence electrons. The average molecular weight is 315 g/mol. The summed E-state index contributed by atoms with van der Waals surface area (Å²) in [6.07, 6.45) is 1.98. The molecular weight excluding hydrogens is 301 g/mol. The monoisotopic (exact) mass is 315 g/mol. The molecule has 0 aliphatic carbocycles. The number of hydrogen-bond donors (Lipinski definition) is 1. The molecule has 0 unspecified atom stereocenters. The van der Waals surface area contributed by atoms with Crippen molar-refractivity contribution in [1.29, 1.82) is 0 Å². The first-order valence-electron chi connectivity index (χ1n) is 5.77. The van der Waals surface area contributed by atoms with Crippen LogP contribution >= 0.6 is 34.9 Å². The minimum absolute atomic E-state index is 0.209. The maximum atomic E-state index is 13.3. The molecule has 0 spiro atoms. The summed E-state index contributed by atoms with van der Waals surface area (Å²) in [4.78, 5) is 1.02. The second kappa shape index (κ2) is 7.23. The van der Waals surface area contributed by atoms with Crippen molar-refractivity contribution in [2.45, 2.75) is 27.0 Å². The molecule has 2 rings (SSSR count). The predicted octanol–water partition coefficient (Wildman–Crippen LogP) is 3.66. The highest BCUT2D eigenvalue weighted by Gasteiger charge is 2.10. The van der Waals surface area contributed by atoms with Gasteiger partial charge in [0.1, 0.15) is 5.82 Å². The quantitative estimate of drug-likeness (QED) is 0.824. The van der Waals surface area contributed by atoms with Crippen molar-refractivity contribution in [2.24, 2.45) is 0 Å². The minimum atomic E-state index is -0.209. The maximum Gasteiger partial charge on any atom is 0.179 e. The zero-order valence-corrected chi connectivity index (χ0v) is 13.1. The number of hydrogen-bond acceptors (Lipinski definition) is 6. The van der Waals surface area contributed by atoms with Gasteiger partial charge in [-0.15, -0.1) is 10.2 Å². The minimum Gasteiger partial charge on any atom is -0.313 e. The number of thioether (sulfide) groups is 1. The highest BCUT2D eigenvalue weighted by Crippen LogP contribution is 2.34. The van der Waals surface area contributed by atoms with Crippen molar-refractivity contribution < 1.29 is 4.39 Å². The van der Waals surface area contributed by atoms with Gasteiger partial charge in [-0.25, -0.2) is 4.39 Å². The van der Waals surface area contributed by atoms with E-state index in [-0.39, 0.29) is 5.82 Å². The number of halogens is 1. The molecular formula is C12H14FN3S3. The number of aromatic nitrogens is 2. The van der Waals surface area contributed by atoms with Gasteiger partial charge in [-0.1, -0.05) is 41.8 Å². The summed E-state index contributed by atoms with van der Waals surface area (Å²) in [5.74, 6) is -0.209. The summed E-state index contributed by atoms with van der Waals surface area (Å²) in [6, 6.07) is 4.85. The van der Waals surface area contributed by atoms with E-state index in [9.17, 15) is 4.39 Å². The zero-order valence-electron chi connectivity index (χ0n) is 10.6. The van der Waals surface area contributed by atoms with Gasteiger partial charge in [0.05, 0.1) is 0 Å². The van der Waals surface area contributed by atoms with Crippen LogP contribution in [0, 0.1) is 5.82 Å². The van der Waals surface area contributed by atoms with Crippen molar-refractivity contribution in [3.8, 4) is 0 Å². The highest BCUT2D eigenvalue weighted by atomic mass is 32.2. The van der Waals surface area contributed by atoms with Crippen LogP contribution in [-0.4, -0.2) is 23.0 Å². The van der Waals surface area contributed by atoms with Gasteiger partial charge in [-0.05, 0) is 36.6 Å². The topological polar surface area (TPSA) is 37.8 Å². The van der Waals surface area contributed by atoms with E-state index in [4.69, 9.17) is 0 Å². The van der Waals surface area contributed by atoms with Gasteiger partial charge in [0.15, 0.2) is 8.68 Å². The smallest absolute Gasteiger partial charge is 0.179 e. The van der Waals surface area contributed by atoms with Crippen LogP contribution in [0.4, 0.5) is 4.39 Å². The summed E-state index contributed by atoms with van der Waals surface area (Å²) in [5.41, 5.74) is 0.952. The van der Waals surface area contributed by atoms with Crippen LogP contribution in [0.1, 0.15) is 12.5 Å². The second-order valence-corrected chi connectivity index (χ2v) is 6.99. The molecule has 0 aliphatic rings. The van der Waals surface area contributed by atoms with E-state index in [1.807, 2.05) is 13.2 Å². The van der Waals surface area contributed by atoms with E-state index in [1.165, 1.54) is 17.8 Å². The van der Waals surface area contributed by atoms with E-state index in [0.717, 1.165) is 25.7 Å². The van der Waals surface area contributed by atoms with Crippen molar-refractivity contribution >= 4 is 34.9 Å². The molecule has 0 saturated heterocycles. The fourth-order valence-corrected chi connectivity index (χ4v) is 3.96. The number of nitrogens with zero attached hydrogens (tertiary/aromatic N) is 2. The average Bonchev–Trinajstić information content (AvgIpc) is 2.86. The van der Waals surface area contributed by atoms with E-state index in [0.29, 0.717) is 6.54 Å². The fraction of sp³-hybridized carbons (Fsp3) is 0.333. The molecule has 0 aliphatic heterocycles. The third kappa shape index (κ3) is 4.17. The largest absolute Gasteiger partial charge is 0.313 e. The first-order valence-corrected chi connectivity index (χ1v) is 8.63. The fourth-order valence-electron chi connectivity index (χ4n) is 1.46. The second-order valence-electron chi connectivity index (χ2n) is 3.67.